The predicted molar refractivity (Wildman–Crippen MR) is 52.9 cm³/mol. The minimum atomic E-state index is -5.23. The van der Waals surface area contributed by atoms with Crippen LogP contribution in [0.1, 0.15) is 19.3 Å². The Morgan fingerprint density at radius 2 is 1.94 bits per heavy atom. The molecular formula is C8H15F3N2O2S. The monoisotopic (exact) mass is 260 g/mol. The van der Waals surface area contributed by atoms with Gasteiger partial charge in [0.25, 0.3) is 0 Å². The van der Waals surface area contributed by atoms with Crippen molar-refractivity contribution < 1.29 is 21.6 Å². The summed E-state index contributed by atoms with van der Waals surface area (Å²) < 4.78 is 59.7. The fourth-order valence-corrected chi connectivity index (χ4v) is 3.07. The standard InChI is InChI=1S/C8H15F3N2O2S/c1-13(16(14,15)8(9,10)11)7-4-2-3-6(7)5-12/h6-7H,2-5,12H2,1H3. The zero-order chi connectivity index (χ0) is 12.6. The molecule has 2 N–H and O–H groups in total. The van der Waals surface area contributed by atoms with E-state index in [-0.39, 0.29) is 12.5 Å². The quantitative estimate of drug-likeness (QED) is 0.820. The summed E-state index contributed by atoms with van der Waals surface area (Å²) in [6.45, 7) is 0.211. The van der Waals surface area contributed by atoms with E-state index in [2.05, 4.69) is 0 Å². The highest BCUT2D eigenvalue weighted by atomic mass is 32.2. The van der Waals surface area contributed by atoms with Crippen molar-refractivity contribution in [1.29, 1.82) is 0 Å². The predicted octanol–water partition coefficient (Wildman–Crippen LogP) is 0.895. The molecule has 0 aromatic carbocycles. The lowest BCUT2D eigenvalue weighted by Gasteiger charge is -2.28. The molecule has 0 spiro atoms. The Bertz CT molecular complexity index is 342. The third kappa shape index (κ3) is 2.33. The van der Waals surface area contributed by atoms with Gasteiger partial charge < -0.3 is 5.73 Å². The lowest BCUT2D eigenvalue weighted by molar-refractivity contribution is -0.0496. The Hall–Kier alpha value is -0.340. The van der Waals surface area contributed by atoms with Gasteiger partial charge >= 0.3 is 15.5 Å². The maximum absolute atomic E-state index is 12.3. The van der Waals surface area contributed by atoms with Crippen LogP contribution in [0.5, 0.6) is 0 Å². The SMILES string of the molecule is CN(C1CCCC1CN)S(=O)(=O)C(F)(F)F. The molecule has 16 heavy (non-hydrogen) atoms. The van der Waals surface area contributed by atoms with Crippen LogP contribution >= 0.6 is 0 Å². The van der Waals surface area contributed by atoms with Gasteiger partial charge in [-0.2, -0.15) is 17.5 Å². The molecule has 1 fully saturated rings. The van der Waals surface area contributed by atoms with Crippen molar-refractivity contribution in [2.45, 2.75) is 30.8 Å². The number of rotatable bonds is 3. The second kappa shape index (κ2) is 4.50. The van der Waals surface area contributed by atoms with E-state index in [1.54, 1.807) is 0 Å². The summed E-state index contributed by atoms with van der Waals surface area (Å²) in [6.07, 6.45) is 1.83. The van der Waals surface area contributed by atoms with Gasteiger partial charge in [-0.3, -0.25) is 0 Å². The van der Waals surface area contributed by atoms with Gasteiger partial charge in [-0.05, 0) is 25.3 Å². The van der Waals surface area contributed by atoms with E-state index in [9.17, 15) is 21.6 Å². The van der Waals surface area contributed by atoms with Crippen LogP contribution in [0, 0.1) is 5.92 Å². The Labute approximate surface area is 92.6 Å². The van der Waals surface area contributed by atoms with Crippen molar-refractivity contribution >= 4 is 10.0 Å². The molecule has 0 bridgehead atoms. The van der Waals surface area contributed by atoms with Crippen molar-refractivity contribution in [3.63, 3.8) is 0 Å². The van der Waals surface area contributed by atoms with Crippen molar-refractivity contribution in [3.8, 4) is 0 Å². The van der Waals surface area contributed by atoms with E-state index in [0.717, 1.165) is 7.05 Å². The second-order valence-corrected chi connectivity index (χ2v) is 5.95. The van der Waals surface area contributed by atoms with Gasteiger partial charge in [0, 0.05) is 13.1 Å². The van der Waals surface area contributed by atoms with Gasteiger partial charge in [0.05, 0.1) is 0 Å². The molecule has 0 amide bonds. The van der Waals surface area contributed by atoms with Crippen molar-refractivity contribution in [2.24, 2.45) is 11.7 Å². The third-order valence-corrected chi connectivity index (χ3v) is 4.67. The van der Waals surface area contributed by atoms with Crippen molar-refractivity contribution in [2.75, 3.05) is 13.6 Å². The van der Waals surface area contributed by atoms with Crippen molar-refractivity contribution in [3.05, 3.63) is 0 Å². The van der Waals surface area contributed by atoms with Crippen LogP contribution in [-0.2, 0) is 10.0 Å². The van der Waals surface area contributed by atoms with Crippen LogP contribution in [0.2, 0.25) is 0 Å². The Morgan fingerprint density at radius 3 is 2.38 bits per heavy atom. The molecule has 0 radical (unpaired) electrons. The maximum atomic E-state index is 12.3. The number of halogens is 3. The largest absolute Gasteiger partial charge is 0.511 e. The summed E-state index contributed by atoms with van der Waals surface area (Å²) in [4.78, 5) is 0. The first-order valence-electron chi connectivity index (χ1n) is 4.96. The Balaban J connectivity index is 2.90. The first-order chi connectivity index (χ1) is 7.21. The molecule has 96 valence electrons. The molecule has 1 aliphatic carbocycles. The van der Waals surface area contributed by atoms with Crippen molar-refractivity contribution in [1.82, 2.24) is 4.31 Å². The summed E-state index contributed by atoms with van der Waals surface area (Å²) in [5.41, 5.74) is 0.179. The molecule has 0 heterocycles. The van der Waals surface area contributed by atoms with Gasteiger partial charge in [-0.15, -0.1) is 0 Å². The minimum Gasteiger partial charge on any atom is -0.330 e. The second-order valence-electron chi connectivity index (χ2n) is 3.96. The van der Waals surface area contributed by atoms with E-state index in [1.165, 1.54) is 0 Å². The van der Waals surface area contributed by atoms with E-state index in [4.69, 9.17) is 5.73 Å². The number of sulfonamides is 1. The molecule has 0 aromatic rings. The third-order valence-electron chi connectivity index (χ3n) is 3.06. The first-order valence-corrected chi connectivity index (χ1v) is 6.40. The zero-order valence-corrected chi connectivity index (χ0v) is 9.68. The minimum absolute atomic E-state index is 0.179. The smallest absolute Gasteiger partial charge is 0.330 e. The number of hydrogen-bond donors (Lipinski definition) is 1. The average molecular weight is 260 g/mol. The van der Waals surface area contributed by atoms with Gasteiger partial charge in [0.1, 0.15) is 0 Å². The highest BCUT2D eigenvalue weighted by Crippen LogP contribution is 2.34. The number of alkyl halides is 3. The van der Waals surface area contributed by atoms with E-state index in [0.29, 0.717) is 23.6 Å². The molecular weight excluding hydrogens is 245 g/mol. The van der Waals surface area contributed by atoms with Crippen LogP contribution < -0.4 is 5.73 Å². The topological polar surface area (TPSA) is 63.4 Å². The molecule has 1 rings (SSSR count). The Kier molecular flexibility index (Phi) is 3.86. The van der Waals surface area contributed by atoms with Gasteiger partial charge in [0.2, 0.25) is 0 Å². The van der Waals surface area contributed by atoms with E-state index in [1.807, 2.05) is 0 Å². The fourth-order valence-electron chi connectivity index (χ4n) is 2.11. The molecule has 2 atom stereocenters. The number of hydrogen-bond acceptors (Lipinski definition) is 3. The molecule has 0 saturated heterocycles. The molecule has 0 aliphatic heterocycles. The van der Waals surface area contributed by atoms with Crippen LogP contribution in [-0.4, -0.2) is 37.9 Å². The normalized spacial score (nSPS) is 27.6. The molecule has 4 nitrogen and oxygen atoms in total. The molecule has 1 saturated carbocycles. The summed E-state index contributed by atoms with van der Waals surface area (Å²) in [6, 6.07) is -0.628. The van der Waals surface area contributed by atoms with Gasteiger partial charge in [-0.1, -0.05) is 6.42 Å². The first kappa shape index (κ1) is 13.7. The Morgan fingerprint density at radius 1 is 1.38 bits per heavy atom. The molecule has 2 unspecified atom stereocenters. The molecule has 8 heteroatoms. The highest BCUT2D eigenvalue weighted by molar-refractivity contribution is 7.90. The van der Waals surface area contributed by atoms with E-state index >= 15 is 0 Å². The number of nitrogens with zero attached hydrogens (tertiary/aromatic N) is 1. The molecule has 0 aromatic heterocycles. The highest BCUT2D eigenvalue weighted by Gasteiger charge is 2.51. The lowest BCUT2D eigenvalue weighted by atomic mass is 10.0. The average Bonchev–Trinajstić information content (AvgIpc) is 2.62. The number of nitrogens with two attached hydrogens (primary N) is 1. The summed E-state index contributed by atoms with van der Waals surface area (Å²) in [7, 11) is -4.25. The lowest BCUT2D eigenvalue weighted by Crippen LogP contribution is -2.46. The fraction of sp³-hybridized carbons (Fsp3) is 1.00. The van der Waals surface area contributed by atoms with Crippen LogP contribution in [0.15, 0.2) is 0 Å². The van der Waals surface area contributed by atoms with Gasteiger partial charge in [-0.25, -0.2) is 8.42 Å². The summed E-state index contributed by atoms with van der Waals surface area (Å²) in [5.74, 6) is -0.179. The summed E-state index contributed by atoms with van der Waals surface area (Å²) >= 11 is 0. The van der Waals surface area contributed by atoms with Crippen LogP contribution in [0.3, 0.4) is 0 Å². The zero-order valence-electron chi connectivity index (χ0n) is 8.87. The van der Waals surface area contributed by atoms with Crippen LogP contribution in [0.4, 0.5) is 13.2 Å². The maximum Gasteiger partial charge on any atom is 0.511 e. The molecule has 1 aliphatic rings. The van der Waals surface area contributed by atoms with E-state index < -0.39 is 21.6 Å². The summed E-state index contributed by atoms with van der Waals surface area (Å²) in [5, 5.41) is 0. The van der Waals surface area contributed by atoms with Crippen LogP contribution in [0.25, 0.3) is 0 Å². The van der Waals surface area contributed by atoms with Gasteiger partial charge in [0.15, 0.2) is 0 Å².